The molecule has 1 aromatic carbocycles. The van der Waals surface area contributed by atoms with E-state index in [0.29, 0.717) is 23.6 Å². The summed E-state index contributed by atoms with van der Waals surface area (Å²) in [5.41, 5.74) is 3.49. The van der Waals surface area contributed by atoms with Crippen molar-refractivity contribution in [1.82, 2.24) is 15.2 Å². The smallest absolute Gasteiger partial charge is 0.175 e. The number of fused-ring (bicyclic) bond motifs is 1. The summed E-state index contributed by atoms with van der Waals surface area (Å²) in [7, 11) is -3.32. The number of nitrogens with one attached hydrogen (secondary N) is 1. The first-order chi connectivity index (χ1) is 15.5. The molecule has 0 amide bonds. The van der Waals surface area contributed by atoms with E-state index >= 15 is 0 Å². The molecule has 0 bridgehead atoms. The summed E-state index contributed by atoms with van der Waals surface area (Å²) >= 11 is 0. The van der Waals surface area contributed by atoms with E-state index in [1.807, 2.05) is 40.0 Å². The molecule has 1 aliphatic heterocycles. The van der Waals surface area contributed by atoms with Crippen LogP contribution in [-0.2, 0) is 9.84 Å². The number of nitrogens with zero attached hydrogens (tertiary/aromatic N) is 4. The number of aliphatic hydroxyl groups is 1. The van der Waals surface area contributed by atoms with E-state index in [2.05, 4.69) is 31.5 Å². The van der Waals surface area contributed by atoms with Crippen LogP contribution in [0.15, 0.2) is 35.4 Å². The highest BCUT2D eigenvalue weighted by Gasteiger charge is 2.28. The lowest BCUT2D eigenvalue weighted by molar-refractivity contribution is 0.0351. The minimum atomic E-state index is -3.32. The van der Waals surface area contributed by atoms with Crippen LogP contribution in [-0.4, -0.2) is 53.7 Å². The number of piperidine rings is 1. The number of hydrogen-bond acceptors (Lipinski definition) is 8. The van der Waals surface area contributed by atoms with Gasteiger partial charge in [0.1, 0.15) is 0 Å². The van der Waals surface area contributed by atoms with Crippen molar-refractivity contribution >= 4 is 32.2 Å². The number of anilines is 2. The maximum absolute atomic E-state index is 12.2. The summed E-state index contributed by atoms with van der Waals surface area (Å²) in [5.74, 6) is 0.602. The minimum absolute atomic E-state index is 0.194. The second-order valence-electron chi connectivity index (χ2n) is 9.32. The molecule has 8 nitrogen and oxygen atoms in total. The molecule has 1 saturated heterocycles. The predicted octanol–water partition coefficient (Wildman–Crippen LogP) is 3.57. The van der Waals surface area contributed by atoms with Gasteiger partial charge in [0.25, 0.3) is 0 Å². The van der Waals surface area contributed by atoms with Crippen molar-refractivity contribution < 1.29 is 13.5 Å². The van der Waals surface area contributed by atoms with Gasteiger partial charge < -0.3 is 15.3 Å². The zero-order valence-corrected chi connectivity index (χ0v) is 20.6. The van der Waals surface area contributed by atoms with Gasteiger partial charge in [-0.2, -0.15) is 5.10 Å². The highest BCUT2D eigenvalue weighted by Crippen LogP contribution is 2.32. The van der Waals surface area contributed by atoms with Gasteiger partial charge in [-0.1, -0.05) is 12.1 Å². The van der Waals surface area contributed by atoms with Gasteiger partial charge in [-0.25, -0.2) is 8.42 Å². The van der Waals surface area contributed by atoms with Gasteiger partial charge in [0.05, 0.1) is 39.6 Å². The highest BCUT2D eigenvalue weighted by molar-refractivity contribution is 7.90. The van der Waals surface area contributed by atoms with Crippen LogP contribution in [0.25, 0.3) is 10.9 Å². The second-order valence-corrected chi connectivity index (χ2v) is 11.3. The molecule has 3 heterocycles. The summed E-state index contributed by atoms with van der Waals surface area (Å²) in [4.78, 5) is 7.23. The largest absolute Gasteiger partial charge is 0.390 e. The third kappa shape index (κ3) is 4.79. The van der Waals surface area contributed by atoms with Crippen LogP contribution in [0.3, 0.4) is 0 Å². The molecule has 0 aliphatic carbocycles. The van der Waals surface area contributed by atoms with Gasteiger partial charge >= 0.3 is 0 Å². The lowest BCUT2D eigenvalue weighted by atomic mass is 9.93. The van der Waals surface area contributed by atoms with E-state index in [1.165, 1.54) is 6.26 Å². The number of aromatic nitrogens is 3. The molecule has 0 saturated carbocycles. The molecule has 4 rings (SSSR count). The van der Waals surface area contributed by atoms with E-state index in [-0.39, 0.29) is 6.04 Å². The van der Waals surface area contributed by atoms with Gasteiger partial charge in [0.15, 0.2) is 15.7 Å². The van der Waals surface area contributed by atoms with Crippen molar-refractivity contribution in [3.8, 4) is 0 Å². The minimum Gasteiger partial charge on any atom is -0.390 e. The number of pyridine rings is 1. The molecule has 3 aromatic rings. The Kier molecular flexibility index (Phi) is 6.05. The van der Waals surface area contributed by atoms with Crippen molar-refractivity contribution in [1.29, 1.82) is 0 Å². The van der Waals surface area contributed by atoms with E-state index in [1.54, 1.807) is 12.1 Å². The fourth-order valence-electron chi connectivity index (χ4n) is 4.46. The summed E-state index contributed by atoms with van der Waals surface area (Å²) in [6.07, 6.45) is 4.49. The van der Waals surface area contributed by atoms with Crippen molar-refractivity contribution in [2.75, 3.05) is 29.6 Å². The number of hydrogen-bond donors (Lipinski definition) is 2. The fraction of sp³-hybridized carbons (Fsp3) is 0.458. The zero-order chi connectivity index (χ0) is 24.0. The third-order valence-corrected chi connectivity index (χ3v) is 7.76. The van der Waals surface area contributed by atoms with Gasteiger partial charge in [0.2, 0.25) is 0 Å². The SMILES string of the molecule is Cc1c([C@@H](C)Nc2nnc(C)c3ncc(N4CCC(C)(O)CC4)cc23)cccc1S(C)(=O)=O. The predicted molar refractivity (Wildman–Crippen MR) is 130 cm³/mol. The maximum Gasteiger partial charge on any atom is 0.175 e. The molecule has 9 heteroatoms. The monoisotopic (exact) mass is 469 g/mol. The number of benzene rings is 1. The Morgan fingerprint density at radius 2 is 1.88 bits per heavy atom. The Balaban J connectivity index is 1.69. The van der Waals surface area contributed by atoms with Gasteiger partial charge in [-0.05, 0) is 63.8 Å². The average molecular weight is 470 g/mol. The quantitative estimate of drug-likeness (QED) is 0.584. The van der Waals surface area contributed by atoms with Gasteiger partial charge in [-0.3, -0.25) is 4.98 Å². The van der Waals surface area contributed by atoms with Crippen molar-refractivity contribution in [2.24, 2.45) is 0 Å². The maximum atomic E-state index is 12.2. The average Bonchev–Trinajstić information content (AvgIpc) is 2.75. The fourth-order valence-corrected chi connectivity index (χ4v) is 5.46. The van der Waals surface area contributed by atoms with E-state index in [4.69, 9.17) is 0 Å². The standard InChI is InChI=1S/C24H31N5O3S/c1-15-19(7-6-8-21(15)33(5,31)32)16(2)26-23-20-13-18(14-25-22(20)17(3)27-28-23)29-11-9-24(4,30)10-12-29/h6-8,13-14,16,30H,9-12H2,1-5H3,(H,26,28)/t16-/m1/s1. The summed E-state index contributed by atoms with van der Waals surface area (Å²) in [6, 6.07) is 7.20. The topological polar surface area (TPSA) is 108 Å². The first-order valence-electron chi connectivity index (χ1n) is 11.1. The molecule has 176 valence electrons. The molecular formula is C24H31N5O3S. The van der Waals surface area contributed by atoms with Crippen LogP contribution in [0, 0.1) is 13.8 Å². The Bertz CT molecular complexity index is 1300. The van der Waals surface area contributed by atoms with Crippen molar-refractivity contribution in [3.05, 3.63) is 47.3 Å². The van der Waals surface area contributed by atoms with Crippen molar-refractivity contribution in [2.45, 2.75) is 57.1 Å². The Morgan fingerprint density at radius 3 is 2.55 bits per heavy atom. The second kappa shape index (κ2) is 8.53. The van der Waals surface area contributed by atoms with Crippen LogP contribution in [0.5, 0.6) is 0 Å². The summed E-state index contributed by atoms with van der Waals surface area (Å²) < 4.78 is 24.3. The molecule has 33 heavy (non-hydrogen) atoms. The van der Waals surface area contributed by atoms with Crippen LogP contribution in [0.2, 0.25) is 0 Å². The Hall–Kier alpha value is -2.78. The van der Waals surface area contributed by atoms with Gasteiger partial charge in [0, 0.05) is 24.7 Å². The van der Waals surface area contributed by atoms with E-state index in [9.17, 15) is 13.5 Å². The molecule has 0 radical (unpaired) electrons. The normalized spacial score (nSPS) is 17.2. The highest BCUT2D eigenvalue weighted by atomic mass is 32.2. The van der Waals surface area contributed by atoms with Crippen LogP contribution < -0.4 is 10.2 Å². The Morgan fingerprint density at radius 1 is 1.18 bits per heavy atom. The summed E-state index contributed by atoms with van der Waals surface area (Å²) in [6.45, 7) is 9.08. The number of aryl methyl sites for hydroxylation is 1. The summed E-state index contributed by atoms with van der Waals surface area (Å²) in [5, 5.41) is 23.3. The van der Waals surface area contributed by atoms with Crippen LogP contribution >= 0.6 is 0 Å². The third-order valence-electron chi connectivity index (χ3n) is 6.52. The zero-order valence-electron chi connectivity index (χ0n) is 19.8. The molecule has 0 spiro atoms. The van der Waals surface area contributed by atoms with E-state index in [0.717, 1.165) is 46.5 Å². The molecule has 1 fully saturated rings. The molecule has 2 N–H and O–H groups in total. The Labute approximate surface area is 195 Å². The van der Waals surface area contributed by atoms with Gasteiger partial charge in [-0.15, -0.1) is 5.10 Å². The molecule has 1 atom stereocenters. The molecule has 1 aliphatic rings. The van der Waals surface area contributed by atoms with Crippen molar-refractivity contribution in [3.63, 3.8) is 0 Å². The first kappa shape index (κ1) is 23.4. The molecule has 0 unspecified atom stereocenters. The van der Waals surface area contributed by atoms with E-state index < -0.39 is 15.4 Å². The lowest BCUT2D eigenvalue weighted by Gasteiger charge is -2.37. The molecular weight excluding hydrogens is 438 g/mol. The van der Waals surface area contributed by atoms with Crippen LogP contribution in [0.4, 0.5) is 11.5 Å². The molecule has 2 aromatic heterocycles. The lowest BCUT2D eigenvalue weighted by Crippen LogP contribution is -2.42. The van der Waals surface area contributed by atoms with Crippen LogP contribution in [0.1, 0.15) is 49.6 Å². The number of sulfone groups is 1. The first-order valence-corrected chi connectivity index (χ1v) is 13.0. The number of rotatable bonds is 5.